The molecule has 0 heterocycles. The van der Waals surface area contributed by atoms with Gasteiger partial charge in [0.25, 0.3) is 5.92 Å². The first-order valence-corrected chi connectivity index (χ1v) is 6.00. The van der Waals surface area contributed by atoms with Crippen LogP contribution in [0.5, 0.6) is 0 Å². The molecule has 0 aliphatic heterocycles. The summed E-state index contributed by atoms with van der Waals surface area (Å²) in [5.74, 6) is -3.82. The van der Waals surface area contributed by atoms with Crippen LogP contribution < -0.4 is 0 Å². The molecular formula is C14H18F2O2. The molecule has 1 rings (SSSR count). The summed E-state index contributed by atoms with van der Waals surface area (Å²) in [6, 6.07) is 5.00. The molecular weight excluding hydrogens is 238 g/mol. The van der Waals surface area contributed by atoms with E-state index in [0.29, 0.717) is 5.56 Å². The first-order valence-electron chi connectivity index (χ1n) is 6.00. The van der Waals surface area contributed by atoms with Gasteiger partial charge in [-0.25, -0.2) is 8.78 Å². The maximum absolute atomic E-state index is 14.0. The van der Waals surface area contributed by atoms with E-state index in [2.05, 4.69) is 0 Å². The van der Waals surface area contributed by atoms with Crippen LogP contribution >= 0.6 is 0 Å². The first kappa shape index (κ1) is 14.6. The molecule has 0 aliphatic rings. The predicted octanol–water partition coefficient (Wildman–Crippen LogP) is 4.04. The highest BCUT2D eigenvalue weighted by atomic mass is 19.3. The lowest BCUT2D eigenvalue weighted by atomic mass is 9.96. The minimum Gasteiger partial charge on any atom is -0.481 e. The number of unbranched alkanes of at least 4 members (excludes halogenated alkanes) is 1. The molecule has 2 nitrogen and oxygen atoms in total. The van der Waals surface area contributed by atoms with Gasteiger partial charge in [0.15, 0.2) is 0 Å². The molecule has 0 aromatic heterocycles. The lowest BCUT2D eigenvalue weighted by molar-refractivity contribution is -0.137. The molecule has 100 valence electrons. The van der Waals surface area contributed by atoms with Gasteiger partial charge in [0.1, 0.15) is 0 Å². The Hall–Kier alpha value is -1.45. The van der Waals surface area contributed by atoms with Crippen molar-refractivity contribution in [1.82, 2.24) is 0 Å². The molecule has 0 aliphatic carbocycles. The third kappa shape index (κ3) is 4.09. The number of hydrogen-bond acceptors (Lipinski definition) is 1. The fraction of sp³-hybridized carbons (Fsp3) is 0.500. The Bertz CT molecular complexity index is 428. The van der Waals surface area contributed by atoms with E-state index >= 15 is 0 Å². The lowest BCUT2D eigenvalue weighted by Gasteiger charge is -2.19. The summed E-state index contributed by atoms with van der Waals surface area (Å²) in [5, 5.41) is 8.45. The average molecular weight is 256 g/mol. The van der Waals surface area contributed by atoms with Crippen LogP contribution in [0.15, 0.2) is 18.2 Å². The van der Waals surface area contributed by atoms with Gasteiger partial charge in [-0.05, 0) is 38.3 Å². The molecule has 18 heavy (non-hydrogen) atoms. The Morgan fingerprint density at radius 2 is 1.94 bits per heavy atom. The number of rotatable bonds is 6. The number of carboxylic acids is 1. The number of aryl methyl sites for hydroxylation is 2. The molecule has 0 atom stereocenters. The van der Waals surface area contributed by atoms with E-state index in [1.54, 1.807) is 26.0 Å². The number of carboxylic acid groups (broad SMARTS) is 1. The zero-order chi connectivity index (χ0) is 13.8. The minimum absolute atomic E-state index is 0.0527. The summed E-state index contributed by atoms with van der Waals surface area (Å²) in [5.41, 5.74) is 1.43. The smallest absolute Gasteiger partial charge is 0.303 e. The van der Waals surface area contributed by atoms with Crippen molar-refractivity contribution in [2.45, 2.75) is 45.5 Å². The molecule has 0 bridgehead atoms. The van der Waals surface area contributed by atoms with Crippen molar-refractivity contribution in [1.29, 1.82) is 0 Å². The van der Waals surface area contributed by atoms with Crippen LogP contribution in [0.4, 0.5) is 8.78 Å². The zero-order valence-electron chi connectivity index (χ0n) is 10.7. The standard InChI is InChI=1S/C14H18F2O2/c1-10-6-7-11(2)12(9-10)14(15,16)8-4-3-5-13(17)18/h6-7,9H,3-5,8H2,1-2H3,(H,17,18). The van der Waals surface area contributed by atoms with Gasteiger partial charge >= 0.3 is 5.97 Å². The number of aliphatic carboxylic acids is 1. The molecule has 0 fully saturated rings. The SMILES string of the molecule is Cc1ccc(C)c(C(F)(F)CCCCC(=O)O)c1. The molecule has 0 radical (unpaired) electrons. The fourth-order valence-corrected chi connectivity index (χ4v) is 1.89. The number of halogens is 2. The Morgan fingerprint density at radius 3 is 2.56 bits per heavy atom. The molecule has 0 unspecified atom stereocenters. The van der Waals surface area contributed by atoms with E-state index < -0.39 is 11.9 Å². The predicted molar refractivity (Wildman–Crippen MR) is 65.9 cm³/mol. The van der Waals surface area contributed by atoms with Gasteiger partial charge in [-0.15, -0.1) is 0 Å². The van der Waals surface area contributed by atoms with Crippen LogP contribution in [0.25, 0.3) is 0 Å². The molecule has 0 saturated carbocycles. The van der Waals surface area contributed by atoms with Crippen LogP contribution in [0.2, 0.25) is 0 Å². The molecule has 4 heteroatoms. The van der Waals surface area contributed by atoms with Gasteiger partial charge in [0.05, 0.1) is 0 Å². The van der Waals surface area contributed by atoms with Gasteiger partial charge in [0, 0.05) is 18.4 Å². The van der Waals surface area contributed by atoms with Crippen molar-refractivity contribution >= 4 is 5.97 Å². The molecule has 1 aromatic carbocycles. The van der Waals surface area contributed by atoms with Crippen molar-refractivity contribution < 1.29 is 18.7 Å². The summed E-state index contributed by atoms with van der Waals surface area (Å²) >= 11 is 0. The van der Waals surface area contributed by atoms with Gasteiger partial charge in [0.2, 0.25) is 0 Å². The molecule has 0 saturated heterocycles. The van der Waals surface area contributed by atoms with Gasteiger partial charge in [-0.3, -0.25) is 4.79 Å². The van der Waals surface area contributed by atoms with Crippen molar-refractivity contribution in [3.8, 4) is 0 Å². The summed E-state index contributed by atoms with van der Waals surface area (Å²) in [4.78, 5) is 10.3. The quantitative estimate of drug-likeness (QED) is 0.780. The fourth-order valence-electron chi connectivity index (χ4n) is 1.89. The van der Waals surface area contributed by atoms with E-state index in [0.717, 1.165) is 5.56 Å². The third-order valence-electron chi connectivity index (χ3n) is 2.92. The number of hydrogen-bond donors (Lipinski definition) is 1. The third-order valence-corrected chi connectivity index (χ3v) is 2.92. The largest absolute Gasteiger partial charge is 0.481 e. The number of benzene rings is 1. The van der Waals surface area contributed by atoms with Crippen LogP contribution in [-0.4, -0.2) is 11.1 Å². The first-order chi connectivity index (χ1) is 8.33. The van der Waals surface area contributed by atoms with E-state index in [4.69, 9.17) is 5.11 Å². The van der Waals surface area contributed by atoms with Crippen LogP contribution in [-0.2, 0) is 10.7 Å². The normalized spacial score (nSPS) is 11.6. The summed E-state index contributed by atoms with van der Waals surface area (Å²) in [6.07, 6.45) is 0.149. The Morgan fingerprint density at radius 1 is 1.28 bits per heavy atom. The monoisotopic (exact) mass is 256 g/mol. The van der Waals surface area contributed by atoms with E-state index in [1.165, 1.54) is 6.07 Å². The number of carbonyl (C=O) groups is 1. The maximum atomic E-state index is 14.0. The minimum atomic E-state index is -2.88. The van der Waals surface area contributed by atoms with Crippen LogP contribution in [0, 0.1) is 13.8 Å². The van der Waals surface area contributed by atoms with E-state index in [1.807, 2.05) is 0 Å². The zero-order valence-corrected chi connectivity index (χ0v) is 10.7. The van der Waals surface area contributed by atoms with Gasteiger partial charge in [-0.2, -0.15) is 0 Å². The Labute approximate surface area is 106 Å². The van der Waals surface area contributed by atoms with Crippen LogP contribution in [0.3, 0.4) is 0 Å². The van der Waals surface area contributed by atoms with Crippen molar-refractivity contribution in [3.63, 3.8) is 0 Å². The second-order valence-corrected chi connectivity index (χ2v) is 4.62. The summed E-state index contributed by atoms with van der Waals surface area (Å²) in [7, 11) is 0. The highest BCUT2D eigenvalue weighted by Gasteiger charge is 2.32. The maximum Gasteiger partial charge on any atom is 0.303 e. The summed E-state index contributed by atoms with van der Waals surface area (Å²) in [6.45, 7) is 3.45. The van der Waals surface area contributed by atoms with Gasteiger partial charge in [-0.1, -0.05) is 17.7 Å². The lowest BCUT2D eigenvalue weighted by Crippen LogP contribution is -2.15. The van der Waals surface area contributed by atoms with Crippen molar-refractivity contribution in [2.24, 2.45) is 0 Å². The Balaban J connectivity index is 2.67. The molecule has 0 amide bonds. The van der Waals surface area contributed by atoms with Crippen LogP contribution in [0.1, 0.15) is 42.4 Å². The second-order valence-electron chi connectivity index (χ2n) is 4.62. The van der Waals surface area contributed by atoms with Crippen molar-refractivity contribution in [2.75, 3.05) is 0 Å². The highest BCUT2D eigenvalue weighted by molar-refractivity contribution is 5.66. The topological polar surface area (TPSA) is 37.3 Å². The highest BCUT2D eigenvalue weighted by Crippen LogP contribution is 2.35. The van der Waals surface area contributed by atoms with Gasteiger partial charge < -0.3 is 5.11 Å². The molecule has 1 N–H and O–H groups in total. The average Bonchev–Trinajstić information content (AvgIpc) is 2.27. The summed E-state index contributed by atoms with van der Waals surface area (Å²) < 4.78 is 27.9. The van der Waals surface area contributed by atoms with E-state index in [-0.39, 0.29) is 31.2 Å². The molecule has 1 aromatic rings. The van der Waals surface area contributed by atoms with Crippen molar-refractivity contribution in [3.05, 3.63) is 34.9 Å². The number of alkyl halides is 2. The molecule has 0 spiro atoms. The Kier molecular flexibility index (Phi) is 4.82. The van der Waals surface area contributed by atoms with E-state index in [9.17, 15) is 13.6 Å². The second kappa shape index (κ2) is 5.94.